The Kier molecular flexibility index (Phi) is 4.98. The van der Waals surface area contributed by atoms with Gasteiger partial charge in [-0.2, -0.15) is 0 Å². The van der Waals surface area contributed by atoms with Crippen LogP contribution in [0.4, 0.5) is 0 Å². The second-order valence-electron chi connectivity index (χ2n) is 5.88. The molecule has 0 saturated carbocycles. The highest BCUT2D eigenvalue weighted by molar-refractivity contribution is 6.30. The first-order valence-corrected chi connectivity index (χ1v) is 7.99. The maximum atomic E-state index is 12.5. The number of benzene rings is 1. The largest absolute Gasteiger partial charge is 0.377 e. The minimum Gasteiger partial charge on any atom is -0.377 e. The lowest BCUT2D eigenvalue weighted by atomic mass is 10.0. The van der Waals surface area contributed by atoms with Crippen molar-refractivity contribution in [2.45, 2.75) is 12.0 Å². The lowest BCUT2D eigenvalue weighted by Crippen LogP contribution is -2.59. The van der Waals surface area contributed by atoms with E-state index in [2.05, 4.69) is 5.32 Å². The van der Waals surface area contributed by atoms with E-state index in [4.69, 9.17) is 21.1 Å². The number of rotatable bonds is 2. The Labute approximate surface area is 135 Å². The van der Waals surface area contributed by atoms with Crippen LogP contribution in [0.5, 0.6) is 0 Å². The summed E-state index contributed by atoms with van der Waals surface area (Å²) in [4.78, 5) is 14.4. The minimum absolute atomic E-state index is 0.120. The van der Waals surface area contributed by atoms with Crippen LogP contribution in [0, 0.1) is 0 Å². The Morgan fingerprint density at radius 2 is 2.14 bits per heavy atom. The van der Waals surface area contributed by atoms with Gasteiger partial charge in [0, 0.05) is 24.7 Å². The Morgan fingerprint density at radius 1 is 1.32 bits per heavy atom. The molecule has 5 nitrogen and oxygen atoms in total. The fourth-order valence-electron chi connectivity index (χ4n) is 2.91. The average Bonchev–Trinajstić information content (AvgIpc) is 2.75. The van der Waals surface area contributed by atoms with Crippen molar-refractivity contribution in [2.24, 2.45) is 0 Å². The van der Waals surface area contributed by atoms with Crippen LogP contribution in [0.1, 0.15) is 5.56 Å². The fraction of sp³-hybridized carbons (Fsp3) is 0.562. The lowest BCUT2D eigenvalue weighted by molar-refractivity contribution is -0.157. The van der Waals surface area contributed by atoms with E-state index >= 15 is 0 Å². The molecule has 2 heterocycles. The molecule has 6 heteroatoms. The summed E-state index contributed by atoms with van der Waals surface area (Å²) < 4.78 is 11.5. The van der Waals surface area contributed by atoms with E-state index in [1.165, 1.54) is 0 Å². The normalized spacial score (nSPS) is 26.0. The molecule has 0 aliphatic carbocycles. The highest BCUT2D eigenvalue weighted by Gasteiger charge is 2.39. The van der Waals surface area contributed by atoms with Gasteiger partial charge in [0.15, 0.2) is 0 Å². The van der Waals surface area contributed by atoms with Crippen LogP contribution in [0.25, 0.3) is 0 Å². The van der Waals surface area contributed by atoms with Gasteiger partial charge in [0.1, 0.15) is 5.60 Å². The van der Waals surface area contributed by atoms with Crippen molar-refractivity contribution >= 4 is 17.5 Å². The third-order valence-electron chi connectivity index (χ3n) is 4.11. The Balaban J connectivity index is 1.63. The van der Waals surface area contributed by atoms with E-state index in [0.29, 0.717) is 44.4 Å². The van der Waals surface area contributed by atoms with Crippen molar-refractivity contribution in [1.29, 1.82) is 0 Å². The Hall–Kier alpha value is -1.14. The van der Waals surface area contributed by atoms with Gasteiger partial charge in [0.2, 0.25) is 5.91 Å². The zero-order valence-corrected chi connectivity index (χ0v) is 13.3. The number of halogens is 1. The molecule has 3 rings (SSSR count). The average molecular weight is 325 g/mol. The van der Waals surface area contributed by atoms with Crippen molar-refractivity contribution < 1.29 is 14.3 Å². The van der Waals surface area contributed by atoms with Crippen LogP contribution in [0.2, 0.25) is 5.02 Å². The topological polar surface area (TPSA) is 50.8 Å². The highest BCUT2D eigenvalue weighted by atomic mass is 35.5. The standard InChI is InChI=1S/C16H21ClN2O3/c17-14-3-1-13(2-4-14)9-15(20)19-6-8-22-16(11-19)10-18-5-7-21-12-16/h1-4,18H,5-12H2. The number of hydrogen-bond acceptors (Lipinski definition) is 4. The second-order valence-corrected chi connectivity index (χ2v) is 6.32. The molecule has 1 unspecified atom stereocenters. The van der Waals surface area contributed by atoms with Crippen LogP contribution >= 0.6 is 11.6 Å². The molecule has 1 aromatic rings. The second kappa shape index (κ2) is 6.96. The molecular weight excluding hydrogens is 304 g/mol. The monoisotopic (exact) mass is 324 g/mol. The van der Waals surface area contributed by atoms with Crippen LogP contribution < -0.4 is 5.32 Å². The van der Waals surface area contributed by atoms with Crippen molar-refractivity contribution in [1.82, 2.24) is 10.2 Å². The number of nitrogens with zero attached hydrogens (tertiary/aromatic N) is 1. The molecule has 0 bridgehead atoms. The molecule has 1 N–H and O–H groups in total. The number of ether oxygens (including phenoxy) is 2. The first kappa shape index (κ1) is 15.7. The zero-order valence-electron chi connectivity index (χ0n) is 12.5. The van der Waals surface area contributed by atoms with Gasteiger partial charge in [0.25, 0.3) is 0 Å². The lowest BCUT2D eigenvalue weighted by Gasteiger charge is -2.41. The molecule has 1 spiro atoms. The summed E-state index contributed by atoms with van der Waals surface area (Å²) in [7, 11) is 0. The molecule has 2 aliphatic rings. The number of carbonyl (C=O) groups excluding carboxylic acids is 1. The minimum atomic E-state index is -0.412. The molecule has 0 radical (unpaired) electrons. The van der Waals surface area contributed by atoms with E-state index in [1.807, 2.05) is 29.2 Å². The molecule has 1 atom stereocenters. The van der Waals surface area contributed by atoms with Gasteiger partial charge in [-0.25, -0.2) is 0 Å². The molecule has 2 saturated heterocycles. The summed E-state index contributed by atoms with van der Waals surface area (Å²) in [5.74, 6) is 0.120. The van der Waals surface area contributed by atoms with Crippen LogP contribution in [-0.4, -0.2) is 62.4 Å². The number of morpholine rings is 1. The molecule has 2 fully saturated rings. The number of carbonyl (C=O) groups is 1. The summed E-state index contributed by atoms with van der Waals surface area (Å²) in [6.07, 6.45) is 0.390. The molecule has 0 aromatic heterocycles. The number of hydrogen-bond donors (Lipinski definition) is 1. The van der Waals surface area contributed by atoms with Gasteiger partial charge in [-0.15, -0.1) is 0 Å². The van der Waals surface area contributed by atoms with Crippen LogP contribution in [0.3, 0.4) is 0 Å². The van der Waals surface area contributed by atoms with Gasteiger partial charge in [-0.3, -0.25) is 4.79 Å². The summed E-state index contributed by atoms with van der Waals surface area (Å²) in [5.41, 5.74) is 0.565. The van der Waals surface area contributed by atoms with E-state index in [-0.39, 0.29) is 5.91 Å². The van der Waals surface area contributed by atoms with Gasteiger partial charge >= 0.3 is 0 Å². The van der Waals surface area contributed by atoms with E-state index in [9.17, 15) is 4.79 Å². The third kappa shape index (κ3) is 3.79. The highest BCUT2D eigenvalue weighted by Crippen LogP contribution is 2.20. The van der Waals surface area contributed by atoms with Crippen LogP contribution in [0.15, 0.2) is 24.3 Å². The number of amides is 1. The maximum absolute atomic E-state index is 12.5. The van der Waals surface area contributed by atoms with E-state index in [0.717, 1.165) is 18.7 Å². The fourth-order valence-corrected chi connectivity index (χ4v) is 3.04. The molecular formula is C16H21ClN2O3. The third-order valence-corrected chi connectivity index (χ3v) is 4.36. The van der Waals surface area contributed by atoms with Gasteiger partial charge < -0.3 is 19.7 Å². The summed E-state index contributed by atoms with van der Waals surface area (Å²) in [5, 5.41) is 4.00. The van der Waals surface area contributed by atoms with Gasteiger partial charge in [-0.1, -0.05) is 23.7 Å². The van der Waals surface area contributed by atoms with Gasteiger partial charge in [-0.05, 0) is 17.7 Å². The van der Waals surface area contributed by atoms with Crippen molar-refractivity contribution in [3.8, 4) is 0 Å². The maximum Gasteiger partial charge on any atom is 0.227 e. The van der Waals surface area contributed by atoms with Gasteiger partial charge in [0.05, 0.1) is 32.8 Å². The first-order chi connectivity index (χ1) is 10.7. The molecule has 1 aromatic carbocycles. The van der Waals surface area contributed by atoms with Crippen molar-refractivity contribution in [3.63, 3.8) is 0 Å². The summed E-state index contributed by atoms with van der Waals surface area (Å²) in [6.45, 7) is 4.52. The quantitative estimate of drug-likeness (QED) is 0.885. The zero-order chi connectivity index (χ0) is 15.4. The SMILES string of the molecule is O=C(Cc1ccc(Cl)cc1)N1CCOC2(CNCCOC2)C1. The van der Waals surface area contributed by atoms with E-state index in [1.54, 1.807) is 0 Å². The molecule has 2 aliphatic heterocycles. The summed E-state index contributed by atoms with van der Waals surface area (Å²) in [6, 6.07) is 7.42. The first-order valence-electron chi connectivity index (χ1n) is 7.62. The van der Waals surface area contributed by atoms with Crippen molar-refractivity contribution in [2.75, 3.05) is 46.0 Å². The molecule has 22 heavy (non-hydrogen) atoms. The predicted molar refractivity (Wildman–Crippen MR) is 84.1 cm³/mol. The van der Waals surface area contributed by atoms with E-state index < -0.39 is 5.60 Å². The smallest absolute Gasteiger partial charge is 0.227 e. The predicted octanol–water partition coefficient (Wildman–Crippen LogP) is 1.10. The van der Waals surface area contributed by atoms with Crippen molar-refractivity contribution in [3.05, 3.63) is 34.9 Å². The summed E-state index contributed by atoms with van der Waals surface area (Å²) >= 11 is 5.88. The van der Waals surface area contributed by atoms with Crippen LogP contribution in [-0.2, 0) is 20.7 Å². The Bertz CT molecular complexity index is 513. The molecule has 1 amide bonds. The molecule has 120 valence electrons. The Morgan fingerprint density at radius 3 is 2.95 bits per heavy atom. The number of nitrogens with one attached hydrogen (secondary N) is 1.